The minimum Gasteiger partial charge on any atom is -0.545 e. The molecule has 0 aliphatic heterocycles. The highest BCUT2D eigenvalue weighted by atomic mass is 28.4. The fourth-order valence-corrected chi connectivity index (χ4v) is 4.23. The summed E-state index contributed by atoms with van der Waals surface area (Å²) in [6.07, 6.45) is -3.27. The van der Waals surface area contributed by atoms with Gasteiger partial charge in [-0.3, -0.25) is 0 Å². The fourth-order valence-electron chi connectivity index (χ4n) is 2.32. The summed E-state index contributed by atoms with van der Waals surface area (Å²) in [6.45, 7) is 12.2. The number of rotatable bonds is 4. The summed E-state index contributed by atoms with van der Waals surface area (Å²) in [7, 11) is -3.71. The van der Waals surface area contributed by atoms with Gasteiger partial charge < -0.3 is 8.85 Å². The van der Waals surface area contributed by atoms with Gasteiger partial charge in [0, 0.05) is 12.8 Å². The van der Waals surface area contributed by atoms with Crippen molar-refractivity contribution in [3.05, 3.63) is 11.5 Å². The molecule has 0 bridgehead atoms. The van der Waals surface area contributed by atoms with Crippen molar-refractivity contribution in [1.29, 1.82) is 0 Å². The van der Waals surface area contributed by atoms with Gasteiger partial charge in [0.25, 0.3) is 0 Å². The first-order valence-corrected chi connectivity index (χ1v) is 14.3. The van der Waals surface area contributed by atoms with E-state index in [0.717, 1.165) is 0 Å². The molecule has 1 aliphatic carbocycles. The second-order valence-corrected chi connectivity index (χ2v) is 16.4. The van der Waals surface area contributed by atoms with E-state index in [9.17, 15) is 13.2 Å². The van der Waals surface area contributed by atoms with E-state index in [1.807, 2.05) is 39.3 Å². The minimum atomic E-state index is -4.13. The Morgan fingerprint density at radius 1 is 0.810 bits per heavy atom. The van der Waals surface area contributed by atoms with E-state index in [0.29, 0.717) is 24.4 Å². The molecule has 0 radical (unpaired) electrons. The van der Waals surface area contributed by atoms with Crippen molar-refractivity contribution in [2.45, 2.75) is 71.1 Å². The molecule has 0 spiro atoms. The molecule has 7 heteroatoms. The van der Waals surface area contributed by atoms with Crippen LogP contribution in [0.2, 0.25) is 39.3 Å². The standard InChI is InChI=1S/C14H27F3O2Si2/c1-20(2,3)18-12-9-7-11(14(15,16)17)8-10-13(12)19-21(4,5)6/h11H,7-10H2,1-6H3. The largest absolute Gasteiger partial charge is 0.545 e. The maximum Gasteiger partial charge on any atom is 0.391 e. The molecule has 0 N–H and O–H groups in total. The van der Waals surface area contributed by atoms with Crippen LogP contribution in [0.4, 0.5) is 13.2 Å². The number of hydrogen-bond donors (Lipinski definition) is 0. The van der Waals surface area contributed by atoms with Crippen molar-refractivity contribution in [2.75, 3.05) is 0 Å². The van der Waals surface area contributed by atoms with Gasteiger partial charge in [-0.15, -0.1) is 0 Å². The van der Waals surface area contributed by atoms with E-state index in [1.54, 1.807) is 0 Å². The molecule has 0 aromatic carbocycles. The minimum absolute atomic E-state index is 0.0991. The zero-order valence-corrected chi connectivity index (χ0v) is 15.9. The van der Waals surface area contributed by atoms with Crippen LogP contribution in [-0.2, 0) is 8.85 Å². The van der Waals surface area contributed by atoms with Crippen LogP contribution in [-0.4, -0.2) is 22.8 Å². The van der Waals surface area contributed by atoms with Crippen LogP contribution in [0.3, 0.4) is 0 Å². The topological polar surface area (TPSA) is 18.5 Å². The molecule has 0 heterocycles. The Balaban J connectivity index is 2.96. The van der Waals surface area contributed by atoms with E-state index >= 15 is 0 Å². The third kappa shape index (κ3) is 6.91. The highest BCUT2D eigenvalue weighted by molar-refractivity contribution is 6.70. The van der Waals surface area contributed by atoms with Crippen molar-refractivity contribution < 1.29 is 22.0 Å². The molecule has 1 aliphatic rings. The first kappa shape index (κ1) is 18.6. The van der Waals surface area contributed by atoms with Gasteiger partial charge in [0.1, 0.15) is 11.5 Å². The van der Waals surface area contributed by atoms with Crippen LogP contribution in [0, 0.1) is 5.92 Å². The third-order valence-electron chi connectivity index (χ3n) is 3.07. The van der Waals surface area contributed by atoms with Gasteiger partial charge in [0.05, 0.1) is 5.92 Å². The molecule has 2 nitrogen and oxygen atoms in total. The Kier molecular flexibility index (Phi) is 5.64. The smallest absolute Gasteiger partial charge is 0.391 e. The maximum atomic E-state index is 13.0. The van der Waals surface area contributed by atoms with Crippen molar-refractivity contribution in [1.82, 2.24) is 0 Å². The molecule has 0 aromatic rings. The molecule has 0 saturated heterocycles. The molecule has 0 aromatic heterocycles. The lowest BCUT2D eigenvalue weighted by atomic mass is 9.99. The quantitative estimate of drug-likeness (QED) is 0.615. The normalized spacial score (nSPS) is 19.5. The Morgan fingerprint density at radius 2 is 1.14 bits per heavy atom. The predicted octanol–water partition coefficient (Wildman–Crippen LogP) is 5.65. The molecule has 0 amide bonds. The molecule has 1 rings (SSSR count). The lowest BCUT2D eigenvalue weighted by Crippen LogP contribution is -2.29. The maximum absolute atomic E-state index is 13.0. The number of allylic oxidation sites excluding steroid dienone is 2. The van der Waals surface area contributed by atoms with Crippen LogP contribution in [0.25, 0.3) is 0 Å². The first-order valence-electron chi connectivity index (χ1n) is 7.45. The van der Waals surface area contributed by atoms with Crippen molar-refractivity contribution in [3.8, 4) is 0 Å². The molecule has 0 saturated carbocycles. The summed E-state index contributed by atoms with van der Waals surface area (Å²) >= 11 is 0. The van der Waals surface area contributed by atoms with Gasteiger partial charge in [0.15, 0.2) is 0 Å². The van der Waals surface area contributed by atoms with Gasteiger partial charge in [0.2, 0.25) is 16.6 Å². The Bertz CT molecular complexity index is 362. The second-order valence-electron chi connectivity index (χ2n) is 7.59. The second kappa shape index (κ2) is 6.36. The van der Waals surface area contributed by atoms with Gasteiger partial charge in [-0.2, -0.15) is 13.2 Å². The van der Waals surface area contributed by atoms with E-state index in [1.165, 1.54) is 0 Å². The summed E-state index contributed by atoms with van der Waals surface area (Å²) in [4.78, 5) is 0. The Labute approximate surface area is 128 Å². The average Bonchev–Trinajstić information content (AvgIpc) is 2.36. The summed E-state index contributed by atoms with van der Waals surface area (Å²) in [5, 5.41) is 0. The number of halogens is 3. The van der Waals surface area contributed by atoms with Crippen molar-refractivity contribution in [3.63, 3.8) is 0 Å². The molecular weight excluding hydrogens is 313 g/mol. The molecule has 0 unspecified atom stereocenters. The van der Waals surface area contributed by atoms with Crippen LogP contribution in [0.15, 0.2) is 11.5 Å². The average molecular weight is 341 g/mol. The molecule has 0 atom stereocenters. The first-order chi connectivity index (χ1) is 9.28. The zero-order valence-electron chi connectivity index (χ0n) is 13.9. The van der Waals surface area contributed by atoms with E-state index in [4.69, 9.17) is 8.85 Å². The van der Waals surface area contributed by atoms with Gasteiger partial charge in [-0.05, 0) is 52.1 Å². The van der Waals surface area contributed by atoms with Gasteiger partial charge in [-0.25, -0.2) is 0 Å². The monoisotopic (exact) mass is 340 g/mol. The van der Waals surface area contributed by atoms with Crippen molar-refractivity contribution >= 4 is 16.6 Å². The molecule has 0 fully saturated rings. The highest BCUT2D eigenvalue weighted by Gasteiger charge is 2.41. The fraction of sp³-hybridized carbons (Fsp3) is 0.857. The summed E-state index contributed by atoms with van der Waals surface area (Å²) in [5.41, 5.74) is 0. The summed E-state index contributed by atoms with van der Waals surface area (Å²) < 4.78 is 51.0. The Morgan fingerprint density at radius 3 is 1.38 bits per heavy atom. The van der Waals surface area contributed by atoms with Crippen LogP contribution < -0.4 is 0 Å². The molecular formula is C14H27F3O2Si2. The number of hydrogen-bond acceptors (Lipinski definition) is 2. The highest BCUT2D eigenvalue weighted by Crippen LogP contribution is 2.40. The summed E-state index contributed by atoms with van der Waals surface area (Å²) in [5.74, 6) is 0.0900. The van der Waals surface area contributed by atoms with Gasteiger partial charge >= 0.3 is 6.18 Å². The summed E-state index contributed by atoms with van der Waals surface area (Å²) in [6, 6.07) is 0. The lowest BCUT2D eigenvalue weighted by molar-refractivity contribution is -0.177. The SMILES string of the molecule is C[Si](C)(C)OC1=C(O[Si](C)(C)C)CCC(C(F)(F)F)CC1. The Hall–Kier alpha value is -0.436. The van der Waals surface area contributed by atoms with Crippen LogP contribution in [0.1, 0.15) is 25.7 Å². The zero-order chi connectivity index (χ0) is 16.5. The lowest BCUT2D eigenvalue weighted by Gasteiger charge is -2.27. The van der Waals surface area contributed by atoms with E-state index in [2.05, 4.69) is 0 Å². The predicted molar refractivity (Wildman–Crippen MR) is 83.9 cm³/mol. The van der Waals surface area contributed by atoms with Crippen LogP contribution in [0.5, 0.6) is 0 Å². The van der Waals surface area contributed by atoms with E-state index in [-0.39, 0.29) is 12.8 Å². The third-order valence-corrected chi connectivity index (χ3v) is 4.79. The van der Waals surface area contributed by atoms with Crippen LogP contribution >= 0.6 is 0 Å². The molecule has 21 heavy (non-hydrogen) atoms. The number of alkyl halides is 3. The molecule has 124 valence electrons. The van der Waals surface area contributed by atoms with Crippen molar-refractivity contribution in [2.24, 2.45) is 5.92 Å². The van der Waals surface area contributed by atoms with E-state index < -0.39 is 28.7 Å². The van der Waals surface area contributed by atoms with Gasteiger partial charge in [-0.1, -0.05) is 0 Å².